The Bertz CT molecular complexity index is 1150. The summed E-state index contributed by atoms with van der Waals surface area (Å²) in [5.41, 5.74) is 2.72. The molecule has 4 aliphatic carbocycles. The molecule has 4 fully saturated rings. The Hall–Kier alpha value is -2.76. The third kappa shape index (κ3) is 1.67. The summed E-state index contributed by atoms with van der Waals surface area (Å²) in [7, 11) is 0. The van der Waals surface area contributed by atoms with Gasteiger partial charge in [-0.15, -0.1) is 0 Å². The summed E-state index contributed by atoms with van der Waals surface area (Å²) in [6.07, 6.45) is 7.13. The van der Waals surface area contributed by atoms with E-state index in [1.54, 1.807) is 12.3 Å². The van der Waals surface area contributed by atoms with Crippen molar-refractivity contribution in [3.8, 4) is 0 Å². The van der Waals surface area contributed by atoms with Crippen molar-refractivity contribution in [1.82, 2.24) is 20.2 Å². The summed E-state index contributed by atoms with van der Waals surface area (Å²) in [5.74, 6) is 1.25. The Morgan fingerprint density at radius 2 is 2.03 bits per heavy atom. The molecular weight excluding hydrogens is 376 g/mol. The summed E-state index contributed by atoms with van der Waals surface area (Å²) in [6.45, 7) is 2.52. The quantitative estimate of drug-likeness (QED) is 0.860. The first-order chi connectivity index (χ1) is 14.5. The predicted octanol–water partition coefficient (Wildman–Crippen LogP) is 2.87. The second-order valence-electron chi connectivity index (χ2n) is 10.2. The van der Waals surface area contributed by atoms with E-state index in [0.29, 0.717) is 24.1 Å². The molecule has 5 aliphatic rings. The van der Waals surface area contributed by atoms with Gasteiger partial charge < -0.3 is 10.2 Å². The molecule has 4 saturated carbocycles. The van der Waals surface area contributed by atoms with Crippen LogP contribution in [0.5, 0.6) is 0 Å². The van der Waals surface area contributed by atoms with Crippen molar-refractivity contribution in [2.45, 2.75) is 56.7 Å². The lowest BCUT2D eigenvalue weighted by atomic mass is 9.31. The molecule has 3 heterocycles. The van der Waals surface area contributed by atoms with Gasteiger partial charge in [0.1, 0.15) is 5.69 Å². The number of rotatable bonds is 3. The highest BCUT2D eigenvalue weighted by Gasteiger charge is 2.88. The van der Waals surface area contributed by atoms with Crippen LogP contribution in [0.1, 0.15) is 64.3 Å². The largest absolute Gasteiger partial charge is 0.345 e. The molecule has 1 N–H and O–H groups in total. The van der Waals surface area contributed by atoms with Crippen LogP contribution < -0.4 is 5.32 Å². The number of carbonyl (C=O) groups is 2. The number of fused-ring (bicyclic) bond motifs is 2. The Kier molecular flexibility index (Phi) is 2.89. The Labute approximate surface area is 175 Å². The number of amides is 2. The van der Waals surface area contributed by atoms with Gasteiger partial charge in [-0.2, -0.15) is 0 Å². The number of aryl methyl sites for hydroxylation is 1. The molecule has 2 aromatic rings. The highest BCUT2D eigenvalue weighted by atomic mass is 16.2. The fourth-order valence-electron chi connectivity index (χ4n) is 8.39. The van der Waals surface area contributed by atoms with Crippen LogP contribution in [-0.4, -0.2) is 37.8 Å². The highest BCUT2D eigenvalue weighted by molar-refractivity contribution is 5.99. The molecule has 2 aromatic heterocycles. The van der Waals surface area contributed by atoms with E-state index >= 15 is 0 Å². The first-order valence-corrected chi connectivity index (χ1v) is 11.0. The normalized spacial score (nSPS) is 39.2. The predicted molar refractivity (Wildman–Crippen MR) is 109 cm³/mol. The molecule has 2 amide bonds. The molecular formula is C24H24N4O2. The molecule has 0 saturated heterocycles. The maximum absolute atomic E-state index is 13.3. The molecule has 7 rings (SSSR count). The van der Waals surface area contributed by atoms with E-state index in [9.17, 15) is 9.59 Å². The summed E-state index contributed by atoms with van der Waals surface area (Å²) in [6, 6.07) is 9.34. The molecule has 152 valence electrons. The van der Waals surface area contributed by atoms with Gasteiger partial charge in [0.25, 0.3) is 11.8 Å². The van der Waals surface area contributed by atoms with Crippen LogP contribution in [0.2, 0.25) is 0 Å². The molecule has 1 aliphatic heterocycles. The van der Waals surface area contributed by atoms with Gasteiger partial charge in [0.05, 0.1) is 23.3 Å². The first kappa shape index (κ1) is 17.0. The van der Waals surface area contributed by atoms with Crippen molar-refractivity contribution in [3.05, 3.63) is 59.2 Å². The van der Waals surface area contributed by atoms with Gasteiger partial charge in [0, 0.05) is 22.8 Å². The van der Waals surface area contributed by atoms with Crippen molar-refractivity contribution in [1.29, 1.82) is 0 Å². The maximum atomic E-state index is 13.3. The van der Waals surface area contributed by atoms with Gasteiger partial charge in [-0.05, 0) is 75.1 Å². The van der Waals surface area contributed by atoms with Crippen LogP contribution >= 0.6 is 0 Å². The summed E-state index contributed by atoms with van der Waals surface area (Å²) < 4.78 is 0. The number of pyridine rings is 2. The molecule has 2 bridgehead atoms. The zero-order valence-electron chi connectivity index (χ0n) is 17.0. The number of carbonyl (C=O) groups excluding carboxylic acids is 2. The minimum Gasteiger partial charge on any atom is -0.345 e. The Morgan fingerprint density at radius 3 is 2.83 bits per heavy atom. The van der Waals surface area contributed by atoms with Gasteiger partial charge >= 0.3 is 0 Å². The average molecular weight is 400 g/mol. The summed E-state index contributed by atoms with van der Waals surface area (Å²) >= 11 is 0. The van der Waals surface area contributed by atoms with Crippen molar-refractivity contribution in [2.75, 3.05) is 0 Å². The van der Waals surface area contributed by atoms with Crippen LogP contribution in [0, 0.1) is 24.2 Å². The lowest BCUT2D eigenvalue weighted by Crippen LogP contribution is -2.86. The maximum Gasteiger partial charge on any atom is 0.270 e. The lowest BCUT2D eigenvalue weighted by molar-refractivity contribution is -0.260. The van der Waals surface area contributed by atoms with E-state index in [2.05, 4.69) is 20.2 Å². The van der Waals surface area contributed by atoms with Crippen LogP contribution in [0.4, 0.5) is 0 Å². The monoisotopic (exact) mass is 400 g/mol. The van der Waals surface area contributed by atoms with Crippen LogP contribution in [0.25, 0.3) is 0 Å². The van der Waals surface area contributed by atoms with E-state index in [-0.39, 0.29) is 28.3 Å². The molecule has 5 unspecified atom stereocenters. The number of hydrogen-bond acceptors (Lipinski definition) is 4. The van der Waals surface area contributed by atoms with Gasteiger partial charge in [0.15, 0.2) is 0 Å². The second-order valence-corrected chi connectivity index (χ2v) is 10.2. The van der Waals surface area contributed by atoms with Crippen molar-refractivity contribution in [2.24, 2.45) is 17.3 Å². The zero-order valence-corrected chi connectivity index (χ0v) is 17.0. The summed E-state index contributed by atoms with van der Waals surface area (Å²) in [5, 5.41) is 3.45. The van der Waals surface area contributed by atoms with Crippen LogP contribution in [0.15, 0.2) is 36.5 Å². The lowest BCUT2D eigenvalue weighted by Gasteiger charge is -2.79. The molecule has 6 nitrogen and oxygen atoms in total. The van der Waals surface area contributed by atoms with Crippen molar-refractivity contribution in [3.63, 3.8) is 0 Å². The fourth-order valence-corrected chi connectivity index (χ4v) is 8.39. The zero-order chi connectivity index (χ0) is 20.3. The average Bonchev–Trinajstić information content (AvgIpc) is 3.31. The fraction of sp³-hybridized carbons (Fsp3) is 0.500. The first-order valence-electron chi connectivity index (χ1n) is 11.0. The smallest absolute Gasteiger partial charge is 0.270 e. The minimum absolute atomic E-state index is 0.0296. The molecule has 0 radical (unpaired) electrons. The van der Waals surface area contributed by atoms with Gasteiger partial charge in [-0.3, -0.25) is 14.6 Å². The van der Waals surface area contributed by atoms with Gasteiger partial charge in [-0.25, -0.2) is 4.98 Å². The number of hydrogen-bond donors (Lipinski definition) is 1. The van der Waals surface area contributed by atoms with Gasteiger partial charge in [0.2, 0.25) is 0 Å². The third-order valence-electron chi connectivity index (χ3n) is 9.10. The number of nitrogens with zero attached hydrogens (tertiary/aromatic N) is 3. The van der Waals surface area contributed by atoms with E-state index in [1.165, 1.54) is 0 Å². The molecule has 30 heavy (non-hydrogen) atoms. The third-order valence-corrected chi connectivity index (χ3v) is 9.10. The van der Waals surface area contributed by atoms with E-state index in [0.717, 1.165) is 49.1 Å². The molecule has 6 heteroatoms. The van der Waals surface area contributed by atoms with E-state index < -0.39 is 0 Å². The number of aromatic nitrogens is 2. The van der Waals surface area contributed by atoms with Crippen molar-refractivity contribution >= 4 is 11.8 Å². The van der Waals surface area contributed by atoms with Crippen molar-refractivity contribution < 1.29 is 9.59 Å². The highest BCUT2D eigenvalue weighted by Crippen LogP contribution is 2.85. The Balaban J connectivity index is 1.24. The second kappa shape index (κ2) is 5.10. The van der Waals surface area contributed by atoms with Crippen LogP contribution in [-0.2, 0) is 6.54 Å². The van der Waals surface area contributed by atoms with Crippen LogP contribution in [0.3, 0.4) is 0 Å². The standard InChI is InChI=1S/C24H24N4O2/c1-14-4-2-6-18(26-14)20(29)27-22-8-15-9-23(12-16(11-22)24(22,23)10-15)28-13-19-17(21(28)30)5-3-7-25-19/h2-7,15-16H,8-13H2,1H3,(H,27,29). The molecule has 0 aromatic carbocycles. The van der Waals surface area contributed by atoms with Gasteiger partial charge in [-0.1, -0.05) is 6.07 Å². The molecule has 5 atom stereocenters. The number of nitrogens with one attached hydrogen (secondary N) is 1. The van der Waals surface area contributed by atoms with E-state index in [1.807, 2.05) is 31.2 Å². The minimum atomic E-state index is -0.191. The molecule has 1 spiro atoms. The SMILES string of the molecule is Cc1cccc(C(=O)NC23CC4CC5(N6Cc7ncccc7C6=O)CC(C2)C35C4)n1. The van der Waals surface area contributed by atoms with E-state index in [4.69, 9.17) is 0 Å². The Morgan fingerprint density at radius 1 is 1.13 bits per heavy atom. The topological polar surface area (TPSA) is 75.2 Å². The summed E-state index contributed by atoms with van der Waals surface area (Å²) in [4.78, 5) is 37.5.